The van der Waals surface area contributed by atoms with Gasteiger partial charge in [0.1, 0.15) is 0 Å². The third-order valence-electron chi connectivity index (χ3n) is 7.99. The lowest BCUT2D eigenvalue weighted by molar-refractivity contribution is -0.258. The molecule has 0 radical (unpaired) electrons. The molecule has 2 aromatic rings. The second-order valence-corrected chi connectivity index (χ2v) is 12.9. The summed E-state index contributed by atoms with van der Waals surface area (Å²) in [6.07, 6.45) is -3.61. The minimum atomic E-state index is -4.81. The Balaban J connectivity index is 1.40. The highest BCUT2D eigenvalue weighted by Gasteiger charge is 2.51. The van der Waals surface area contributed by atoms with Crippen LogP contribution in [0.15, 0.2) is 58.3 Å². The number of hydrogen-bond donors (Lipinski definition) is 2. The normalized spacial score (nSPS) is 26.9. The number of halogens is 3. The van der Waals surface area contributed by atoms with E-state index in [4.69, 9.17) is 4.74 Å². The Morgan fingerprint density at radius 3 is 2.42 bits per heavy atom. The summed E-state index contributed by atoms with van der Waals surface area (Å²) >= 11 is 4.35. The summed E-state index contributed by atoms with van der Waals surface area (Å²) in [6, 6.07) is 12.1. The fourth-order valence-corrected chi connectivity index (χ4v) is 7.77. The molecule has 12 heteroatoms. The van der Waals surface area contributed by atoms with E-state index < -0.39 is 21.8 Å². The molecule has 3 fully saturated rings. The highest BCUT2D eigenvalue weighted by Crippen LogP contribution is 2.39. The van der Waals surface area contributed by atoms with Crippen molar-refractivity contribution in [1.29, 1.82) is 0 Å². The maximum atomic E-state index is 13.5. The van der Waals surface area contributed by atoms with Gasteiger partial charge >= 0.3 is 6.18 Å². The summed E-state index contributed by atoms with van der Waals surface area (Å²) in [7, 11) is -3.79. The summed E-state index contributed by atoms with van der Waals surface area (Å²) in [4.78, 5) is 4.87. The molecule has 0 bridgehead atoms. The fraction of sp³-hybridized carbons (Fsp3) is 0.538. The maximum absolute atomic E-state index is 13.5. The van der Waals surface area contributed by atoms with Crippen molar-refractivity contribution >= 4 is 28.3 Å². The maximum Gasteiger partial charge on any atom is 0.421 e. The molecule has 4 atom stereocenters. The van der Waals surface area contributed by atoms with Gasteiger partial charge < -0.3 is 14.7 Å². The summed E-state index contributed by atoms with van der Waals surface area (Å²) in [5.74, 6) is 0.465. The Morgan fingerprint density at radius 2 is 1.76 bits per heavy atom. The molecule has 1 N–H and O–H groups in total. The molecule has 38 heavy (non-hydrogen) atoms. The zero-order valence-electron chi connectivity index (χ0n) is 21.0. The van der Waals surface area contributed by atoms with Gasteiger partial charge in [-0.15, -0.1) is 12.6 Å². The van der Waals surface area contributed by atoms with Crippen LogP contribution in [0.1, 0.15) is 18.9 Å². The molecule has 0 saturated carbocycles. The van der Waals surface area contributed by atoms with Crippen LogP contribution in [0.3, 0.4) is 0 Å². The Bertz CT molecular complexity index is 1250. The molecule has 3 saturated heterocycles. The van der Waals surface area contributed by atoms with Crippen LogP contribution in [0.2, 0.25) is 0 Å². The van der Waals surface area contributed by atoms with Gasteiger partial charge in [0.15, 0.2) is 5.60 Å². The molecule has 3 aliphatic heterocycles. The predicted octanol–water partition coefficient (Wildman–Crippen LogP) is 3.35. The fourth-order valence-electron chi connectivity index (χ4n) is 5.71. The second-order valence-electron chi connectivity index (χ2n) is 10.5. The Hall–Kier alpha value is -1.83. The lowest BCUT2D eigenvalue weighted by Crippen LogP contribution is -2.58. The van der Waals surface area contributed by atoms with E-state index in [-0.39, 0.29) is 35.7 Å². The molecule has 3 aliphatic rings. The smallest absolute Gasteiger partial charge is 0.377 e. The van der Waals surface area contributed by atoms with Gasteiger partial charge in [0.25, 0.3) is 0 Å². The quantitative estimate of drug-likeness (QED) is 0.519. The molecular weight excluding hydrogens is 539 g/mol. The van der Waals surface area contributed by atoms with E-state index in [1.165, 1.54) is 16.4 Å². The number of fused-ring (bicyclic) bond motifs is 1. The summed E-state index contributed by atoms with van der Waals surface area (Å²) in [6.45, 7) is 4.54. The molecule has 0 aromatic heterocycles. The van der Waals surface area contributed by atoms with Crippen molar-refractivity contribution in [3.63, 3.8) is 0 Å². The van der Waals surface area contributed by atoms with Crippen molar-refractivity contribution in [2.75, 3.05) is 50.8 Å². The monoisotopic (exact) mass is 571 g/mol. The third-order valence-corrected chi connectivity index (χ3v) is 10.5. The number of hydrogen-bond acceptors (Lipinski definition) is 7. The summed E-state index contributed by atoms with van der Waals surface area (Å²) in [5.41, 5.74) is -2.54. The number of ether oxygens (including phenoxy) is 1. The first-order valence-electron chi connectivity index (χ1n) is 12.7. The van der Waals surface area contributed by atoms with Crippen molar-refractivity contribution < 1.29 is 31.4 Å². The number of thiol groups is 1. The SMILES string of the molecule is C[C@@](O)(c1ccc(N2CCN(S(=O)(=O)c3ccccc3S)C[C@@H]2CN2C[C@H]3CCO[C@H]3C2)cc1)C(F)(F)F. The molecule has 0 spiro atoms. The number of piperazine rings is 1. The number of benzene rings is 2. The van der Waals surface area contributed by atoms with Gasteiger partial charge in [0.05, 0.1) is 17.0 Å². The lowest BCUT2D eigenvalue weighted by Gasteiger charge is -2.43. The zero-order chi connectivity index (χ0) is 27.3. The van der Waals surface area contributed by atoms with Gasteiger partial charge in [-0.1, -0.05) is 24.3 Å². The van der Waals surface area contributed by atoms with E-state index in [9.17, 15) is 26.7 Å². The van der Waals surface area contributed by atoms with Crippen LogP contribution in [0.5, 0.6) is 0 Å². The molecule has 0 unspecified atom stereocenters. The van der Waals surface area contributed by atoms with Crippen molar-refractivity contribution in [3.05, 3.63) is 54.1 Å². The van der Waals surface area contributed by atoms with E-state index in [1.54, 1.807) is 36.4 Å². The Morgan fingerprint density at radius 1 is 1.05 bits per heavy atom. The molecule has 208 valence electrons. The molecule has 5 rings (SSSR count). The first-order valence-corrected chi connectivity index (χ1v) is 14.5. The van der Waals surface area contributed by atoms with Gasteiger partial charge in [0.2, 0.25) is 10.0 Å². The highest BCUT2D eigenvalue weighted by atomic mass is 32.2. The van der Waals surface area contributed by atoms with Crippen molar-refractivity contribution in [2.45, 2.75) is 47.1 Å². The van der Waals surface area contributed by atoms with Gasteiger partial charge in [-0.3, -0.25) is 4.90 Å². The molecule has 7 nitrogen and oxygen atoms in total. The summed E-state index contributed by atoms with van der Waals surface area (Å²) < 4.78 is 74.4. The molecular formula is C26H32F3N3O4S2. The van der Waals surface area contributed by atoms with Gasteiger partial charge in [0, 0.05) is 62.4 Å². The average molecular weight is 572 g/mol. The number of sulfonamides is 1. The second kappa shape index (κ2) is 10.3. The first-order chi connectivity index (χ1) is 17.9. The van der Waals surface area contributed by atoms with Crippen LogP contribution in [0.25, 0.3) is 0 Å². The molecule has 0 aliphatic carbocycles. The van der Waals surface area contributed by atoms with Crippen molar-refractivity contribution in [3.8, 4) is 0 Å². The van der Waals surface area contributed by atoms with Gasteiger partial charge in [-0.05, 0) is 43.2 Å². The van der Waals surface area contributed by atoms with E-state index in [1.807, 2.05) is 0 Å². The highest BCUT2D eigenvalue weighted by molar-refractivity contribution is 7.90. The van der Waals surface area contributed by atoms with E-state index in [0.29, 0.717) is 29.6 Å². The van der Waals surface area contributed by atoms with Crippen LogP contribution in [-0.4, -0.2) is 86.9 Å². The summed E-state index contributed by atoms with van der Waals surface area (Å²) in [5, 5.41) is 10.1. The van der Waals surface area contributed by atoms with E-state index in [2.05, 4.69) is 22.4 Å². The minimum absolute atomic E-state index is 0.151. The van der Waals surface area contributed by atoms with Crippen LogP contribution < -0.4 is 4.90 Å². The number of aliphatic hydroxyl groups is 1. The molecule has 3 heterocycles. The molecule has 0 amide bonds. The van der Waals surface area contributed by atoms with Crippen LogP contribution >= 0.6 is 12.6 Å². The Labute approximate surface area is 226 Å². The minimum Gasteiger partial charge on any atom is -0.377 e. The molecule has 2 aromatic carbocycles. The number of likely N-dealkylation sites (tertiary alicyclic amines) is 1. The Kier molecular flexibility index (Phi) is 7.51. The number of rotatable bonds is 6. The van der Waals surface area contributed by atoms with Gasteiger partial charge in [-0.25, -0.2) is 8.42 Å². The van der Waals surface area contributed by atoms with E-state index in [0.717, 1.165) is 33.0 Å². The first kappa shape index (κ1) is 27.7. The number of anilines is 1. The largest absolute Gasteiger partial charge is 0.421 e. The van der Waals surface area contributed by atoms with Crippen LogP contribution in [0, 0.1) is 5.92 Å². The third kappa shape index (κ3) is 5.18. The van der Waals surface area contributed by atoms with Gasteiger partial charge in [-0.2, -0.15) is 17.5 Å². The number of nitrogens with zero attached hydrogens (tertiary/aromatic N) is 3. The van der Waals surface area contributed by atoms with Crippen molar-refractivity contribution in [2.24, 2.45) is 5.92 Å². The van der Waals surface area contributed by atoms with Crippen LogP contribution in [0.4, 0.5) is 18.9 Å². The van der Waals surface area contributed by atoms with E-state index >= 15 is 0 Å². The number of alkyl halides is 3. The van der Waals surface area contributed by atoms with Crippen molar-refractivity contribution in [1.82, 2.24) is 9.21 Å². The average Bonchev–Trinajstić information content (AvgIpc) is 3.45. The zero-order valence-corrected chi connectivity index (χ0v) is 22.7. The van der Waals surface area contributed by atoms with Crippen LogP contribution in [-0.2, 0) is 20.4 Å². The predicted molar refractivity (Wildman–Crippen MR) is 140 cm³/mol. The topological polar surface area (TPSA) is 73.3 Å². The lowest BCUT2D eigenvalue weighted by atomic mass is 9.95. The standard InChI is InChI=1S/C26H32F3N3O4S2/c1-25(33,26(27,28)29)19-6-8-20(9-7-19)32-12-11-31(38(34,35)24-5-3-2-4-23(24)37)16-21(32)15-30-14-18-10-13-36-22(18)17-30/h2-9,18,21-22,33,37H,10-17H2,1H3/t18-,21+,22+,25-/m1/s1.